The van der Waals surface area contributed by atoms with Gasteiger partial charge < -0.3 is 5.32 Å². The number of hydrogen-bond acceptors (Lipinski definition) is 1. The maximum absolute atomic E-state index is 5.20. The zero-order chi connectivity index (χ0) is 11.8. The van der Waals surface area contributed by atoms with Crippen LogP contribution in [0.2, 0.25) is 0 Å². The predicted molar refractivity (Wildman–Crippen MR) is 73.4 cm³/mol. The summed E-state index contributed by atoms with van der Waals surface area (Å²) in [6.07, 6.45) is 8.18. The van der Waals surface area contributed by atoms with Crippen molar-refractivity contribution in [2.24, 2.45) is 0 Å². The van der Waals surface area contributed by atoms with E-state index in [2.05, 4.69) is 58.4 Å². The summed E-state index contributed by atoms with van der Waals surface area (Å²) in [5, 5.41) is 3.47. The van der Waals surface area contributed by atoms with Crippen LogP contribution in [-0.2, 0) is 6.42 Å². The number of terminal acetylenes is 1. The molecule has 0 saturated carbocycles. The van der Waals surface area contributed by atoms with Crippen LogP contribution in [0, 0.1) is 12.3 Å². The Morgan fingerprint density at radius 3 is 2.69 bits per heavy atom. The van der Waals surface area contributed by atoms with Crippen molar-refractivity contribution in [3.8, 4) is 12.3 Å². The van der Waals surface area contributed by atoms with E-state index in [0.717, 1.165) is 30.3 Å². The summed E-state index contributed by atoms with van der Waals surface area (Å²) >= 11 is 3.44. The molecule has 0 aliphatic heterocycles. The van der Waals surface area contributed by atoms with Crippen LogP contribution in [0.3, 0.4) is 0 Å². The molecule has 0 heterocycles. The standard InChI is InChI=1S/C14H18BrN/c1-3-4-5-10-16-12(2)11-13-6-8-14(15)9-7-13/h1,6-9,12,16H,4-5,10-11H2,2H3. The summed E-state index contributed by atoms with van der Waals surface area (Å²) in [6.45, 7) is 3.21. The Labute approximate surface area is 107 Å². The summed E-state index contributed by atoms with van der Waals surface area (Å²) in [5.74, 6) is 2.65. The lowest BCUT2D eigenvalue weighted by molar-refractivity contribution is 0.537. The molecule has 1 atom stereocenters. The third-order valence-electron chi connectivity index (χ3n) is 2.45. The molecule has 0 saturated heterocycles. The number of benzene rings is 1. The highest BCUT2D eigenvalue weighted by molar-refractivity contribution is 9.10. The molecule has 1 aromatic rings. The van der Waals surface area contributed by atoms with E-state index < -0.39 is 0 Å². The summed E-state index contributed by atoms with van der Waals surface area (Å²) < 4.78 is 1.13. The molecule has 1 nitrogen and oxygen atoms in total. The third kappa shape index (κ3) is 5.34. The minimum Gasteiger partial charge on any atom is -0.314 e. The molecular formula is C14H18BrN. The zero-order valence-corrected chi connectivity index (χ0v) is 11.3. The lowest BCUT2D eigenvalue weighted by Gasteiger charge is -2.13. The highest BCUT2D eigenvalue weighted by Gasteiger charge is 2.02. The van der Waals surface area contributed by atoms with Gasteiger partial charge >= 0.3 is 0 Å². The minimum absolute atomic E-state index is 0.499. The molecule has 0 radical (unpaired) electrons. The highest BCUT2D eigenvalue weighted by Crippen LogP contribution is 2.11. The van der Waals surface area contributed by atoms with Crippen LogP contribution >= 0.6 is 15.9 Å². The SMILES string of the molecule is C#CCCCNC(C)Cc1ccc(Br)cc1. The van der Waals surface area contributed by atoms with Crippen LogP contribution in [0.25, 0.3) is 0 Å². The molecule has 1 unspecified atom stereocenters. The van der Waals surface area contributed by atoms with E-state index in [4.69, 9.17) is 6.42 Å². The highest BCUT2D eigenvalue weighted by atomic mass is 79.9. The van der Waals surface area contributed by atoms with Gasteiger partial charge in [0, 0.05) is 16.9 Å². The first-order valence-electron chi connectivity index (χ1n) is 5.63. The smallest absolute Gasteiger partial charge is 0.0175 e. The molecule has 86 valence electrons. The predicted octanol–water partition coefficient (Wildman–Crippen LogP) is 3.38. The topological polar surface area (TPSA) is 12.0 Å². The first-order chi connectivity index (χ1) is 7.72. The minimum atomic E-state index is 0.499. The van der Waals surface area contributed by atoms with E-state index in [-0.39, 0.29) is 0 Å². The summed E-state index contributed by atoms with van der Waals surface area (Å²) in [7, 11) is 0. The maximum atomic E-state index is 5.20. The van der Waals surface area contributed by atoms with Gasteiger partial charge in [-0.3, -0.25) is 0 Å². The number of unbranched alkanes of at least 4 members (excludes halogenated alkanes) is 1. The second-order valence-corrected chi connectivity index (χ2v) is 4.91. The second kappa shape index (κ2) is 7.49. The Morgan fingerprint density at radius 1 is 1.38 bits per heavy atom. The molecule has 1 N–H and O–H groups in total. The number of rotatable bonds is 6. The van der Waals surface area contributed by atoms with Crippen LogP contribution < -0.4 is 5.32 Å². The summed E-state index contributed by atoms with van der Waals surface area (Å²) in [5.41, 5.74) is 1.36. The van der Waals surface area contributed by atoms with Crippen molar-refractivity contribution in [2.45, 2.75) is 32.2 Å². The molecule has 0 aliphatic rings. The van der Waals surface area contributed by atoms with Crippen molar-refractivity contribution < 1.29 is 0 Å². The number of nitrogens with one attached hydrogen (secondary N) is 1. The van der Waals surface area contributed by atoms with Gasteiger partial charge in [0.05, 0.1) is 0 Å². The Hall–Kier alpha value is -0.780. The average Bonchev–Trinajstić information content (AvgIpc) is 2.28. The van der Waals surface area contributed by atoms with Gasteiger partial charge in [-0.15, -0.1) is 12.3 Å². The molecule has 0 aromatic heterocycles. The first-order valence-corrected chi connectivity index (χ1v) is 6.43. The van der Waals surface area contributed by atoms with Gasteiger partial charge in [-0.2, -0.15) is 0 Å². The fourth-order valence-electron chi connectivity index (χ4n) is 1.59. The number of hydrogen-bond donors (Lipinski definition) is 1. The largest absolute Gasteiger partial charge is 0.314 e. The molecule has 0 aliphatic carbocycles. The van der Waals surface area contributed by atoms with Crippen molar-refractivity contribution >= 4 is 15.9 Å². The van der Waals surface area contributed by atoms with E-state index in [1.165, 1.54) is 5.56 Å². The van der Waals surface area contributed by atoms with E-state index in [0.29, 0.717) is 6.04 Å². The first kappa shape index (κ1) is 13.3. The average molecular weight is 280 g/mol. The van der Waals surface area contributed by atoms with Gasteiger partial charge in [-0.25, -0.2) is 0 Å². The molecule has 16 heavy (non-hydrogen) atoms. The van der Waals surface area contributed by atoms with Crippen LogP contribution in [0.1, 0.15) is 25.3 Å². The van der Waals surface area contributed by atoms with Crippen molar-refractivity contribution in [1.29, 1.82) is 0 Å². The number of halogens is 1. The van der Waals surface area contributed by atoms with E-state index >= 15 is 0 Å². The summed E-state index contributed by atoms with van der Waals surface area (Å²) in [4.78, 5) is 0. The van der Waals surface area contributed by atoms with Gasteiger partial charge in [0.15, 0.2) is 0 Å². The van der Waals surface area contributed by atoms with Crippen molar-refractivity contribution in [3.05, 3.63) is 34.3 Å². The van der Waals surface area contributed by atoms with Crippen LogP contribution in [0.4, 0.5) is 0 Å². The molecular weight excluding hydrogens is 262 g/mol. The monoisotopic (exact) mass is 279 g/mol. The van der Waals surface area contributed by atoms with Crippen LogP contribution in [0.15, 0.2) is 28.7 Å². The Balaban J connectivity index is 2.26. The Kier molecular flexibility index (Phi) is 6.22. The normalized spacial score (nSPS) is 12.1. The summed E-state index contributed by atoms with van der Waals surface area (Å²) in [6, 6.07) is 8.98. The van der Waals surface area contributed by atoms with E-state index in [1.54, 1.807) is 0 Å². The maximum Gasteiger partial charge on any atom is 0.0175 e. The van der Waals surface area contributed by atoms with Gasteiger partial charge in [0.25, 0.3) is 0 Å². The van der Waals surface area contributed by atoms with Crippen LogP contribution in [0.5, 0.6) is 0 Å². The molecule has 0 bridgehead atoms. The lowest BCUT2D eigenvalue weighted by atomic mass is 10.1. The third-order valence-corrected chi connectivity index (χ3v) is 2.97. The van der Waals surface area contributed by atoms with Gasteiger partial charge in [-0.1, -0.05) is 28.1 Å². The van der Waals surface area contributed by atoms with E-state index in [9.17, 15) is 0 Å². The Bertz CT molecular complexity index is 337. The lowest BCUT2D eigenvalue weighted by Crippen LogP contribution is -2.28. The second-order valence-electron chi connectivity index (χ2n) is 3.99. The fraction of sp³-hybridized carbons (Fsp3) is 0.429. The molecule has 0 spiro atoms. The Morgan fingerprint density at radius 2 is 2.06 bits per heavy atom. The molecule has 1 aromatic carbocycles. The molecule has 0 fully saturated rings. The molecule has 1 rings (SSSR count). The van der Waals surface area contributed by atoms with Crippen LogP contribution in [-0.4, -0.2) is 12.6 Å². The van der Waals surface area contributed by atoms with Crippen molar-refractivity contribution in [2.75, 3.05) is 6.54 Å². The van der Waals surface area contributed by atoms with Gasteiger partial charge in [0.2, 0.25) is 0 Å². The van der Waals surface area contributed by atoms with Crippen molar-refractivity contribution in [1.82, 2.24) is 5.32 Å². The zero-order valence-electron chi connectivity index (χ0n) is 9.67. The van der Waals surface area contributed by atoms with E-state index in [1.807, 2.05) is 0 Å². The quantitative estimate of drug-likeness (QED) is 0.622. The van der Waals surface area contributed by atoms with Crippen molar-refractivity contribution in [3.63, 3.8) is 0 Å². The fourth-order valence-corrected chi connectivity index (χ4v) is 1.85. The van der Waals surface area contributed by atoms with Gasteiger partial charge in [0.1, 0.15) is 0 Å². The van der Waals surface area contributed by atoms with Gasteiger partial charge in [-0.05, 0) is 44.0 Å². The molecule has 2 heteroatoms. The molecule has 0 amide bonds.